The smallest absolute Gasteiger partial charge is 0.180 e. The van der Waals surface area contributed by atoms with E-state index in [1.807, 2.05) is 18.2 Å². The molecular formula is C24H29N7. The van der Waals surface area contributed by atoms with Crippen LogP contribution in [0.15, 0.2) is 48.5 Å². The summed E-state index contributed by atoms with van der Waals surface area (Å²) >= 11 is 0. The molecule has 1 unspecified atom stereocenters. The van der Waals surface area contributed by atoms with Crippen molar-refractivity contribution in [2.75, 3.05) is 0 Å². The molecule has 0 aliphatic heterocycles. The van der Waals surface area contributed by atoms with Crippen molar-refractivity contribution in [1.82, 2.24) is 35.4 Å². The number of H-pyrrole nitrogens is 1. The van der Waals surface area contributed by atoms with Crippen molar-refractivity contribution in [3.05, 3.63) is 65.7 Å². The summed E-state index contributed by atoms with van der Waals surface area (Å²) in [7, 11) is 0. The number of tetrazole rings is 1. The van der Waals surface area contributed by atoms with Gasteiger partial charge in [0.15, 0.2) is 11.6 Å². The molecule has 1 atom stereocenters. The number of aryl methyl sites for hydroxylation is 1. The van der Waals surface area contributed by atoms with Crippen molar-refractivity contribution in [3.8, 4) is 22.5 Å². The van der Waals surface area contributed by atoms with Crippen LogP contribution in [0.2, 0.25) is 0 Å². The Kier molecular flexibility index (Phi) is 6.50. The minimum Gasteiger partial charge on any atom is -0.245 e. The number of nitrogens with zero attached hydrogens (tertiary/aromatic N) is 6. The summed E-state index contributed by atoms with van der Waals surface area (Å²) in [6.45, 7) is 7.32. The first-order valence-corrected chi connectivity index (χ1v) is 11.1. The van der Waals surface area contributed by atoms with Crippen LogP contribution < -0.4 is 0 Å². The summed E-state index contributed by atoms with van der Waals surface area (Å²) in [5.41, 5.74) is 4.41. The number of aromatic amines is 1. The van der Waals surface area contributed by atoms with Gasteiger partial charge in [-0.1, -0.05) is 75.7 Å². The second-order valence-electron chi connectivity index (χ2n) is 7.95. The molecule has 0 bridgehead atoms. The van der Waals surface area contributed by atoms with Crippen LogP contribution in [0.1, 0.15) is 63.2 Å². The lowest BCUT2D eigenvalue weighted by Crippen LogP contribution is -2.07. The molecule has 0 saturated heterocycles. The van der Waals surface area contributed by atoms with Gasteiger partial charge in [-0.05, 0) is 40.0 Å². The van der Waals surface area contributed by atoms with Gasteiger partial charge in [-0.15, -0.1) is 5.10 Å². The van der Waals surface area contributed by atoms with Crippen molar-refractivity contribution < 1.29 is 0 Å². The number of hydrogen-bond acceptors (Lipinski definition) is 5. The summed E-state index contributed by atoms with van der Waals surface area (Å²) in [5.74, 6) is 3.09. The highest BCUT2D eigenvalue weighted by Crippen LogP contribution is 2.30. The summed E-state index contributed by atoms with van der Waals surface area (Å²) < 4.78 is 2.08. The van der Waals surface area contributed by atoms with Crippen LogP contribution >= 0.6 is 0 Å². The molecule has 1 N–H and O–H groups in total. The van der Waals surface area contributed by atoms with Crippen molar-refractivity contribution in [2.45, 2.75) is 58.9 Å². The van der Waals surface area contributed by atoms with E-state index in [2.05, 4.69) is 76.4 Å². The van der Waals surface area contributed by atoms with E-state index in [-0.39, 0.29) is 0 Å². The SMILES string of the molecule is CCCCc1nc(C(C)CC)nn1Cc1ccc(-c2ccccc2-c2nnn[nH]2)cc1. The van der Waals surface area contributed by atoms with Crippen LogP contribution in [0.4, 0.5) is 0 Å². The maximum atomic E-state index is 4.85. The highest BCUT2D eigenvalue weighted by atomic mass is 15.5. The number of hydrogen-bond donors (Lipinski definition) is 1. The second kappa shape index (κ2) is 9.64. The van der Waals surface area contributed by atoms with Gasteiger partial charge in [0.05, 0.1) is 6.54 Å². The summed E-state index contributed by atoms with van der Waals surface area (Å²) in [6, 6.07) is 16.8. The predicted molar refractivity (Wildman–Crippen MR) is 121 cm³/mol. The van der Waals surface area contributed by atoms with Gasteiger partial charge >= 0.3 is 0 Å². The Labute approximate surface area is 182 Å². The standard InChI is InChI=1S/C24H29N7/c1-4-6-11-22-25-23(17(3)5-2)28-31(22)16-18-12-14-19(15-13-18)20-9-7-8-10-21(20)24-26-29-30-27-24/h7-10,12-15,17H,4-6,11,16H2,1-3H3,(H,26,27,29,30). The third-order valence-corrected chi connectivity index (χ3v) is 5.70. The van der Waals surface area contributed by atoms with Crippen LogP contribution in [0.25, 0.3) is 22.5 Å². The monoisotopic (exact) mass is 415 g/mol. The van der Waals surface area contributed by atoms with E-state index in [1.165, 1.54) is 5.56 Å². The van der Waals surface area contributed by atoms with Gasteiger partial charge in [0, 0.05) is 17.9 Å². The van der Waals surface area contributed by atoms with Crippen LogP contribution in [0, 0.1) is 0 Å². The molecule has 31 heavy (non-hydrogen) atoms. The molecule has 0 amide bonds. The van der Waals surface area contributed by atoms with Crippen molar-refractivity contribution in [2.24, 2.45) is 0 Å². The Balaban J connectivity index is 1.58. The van der Waals surface area contributed by atoms with E-state index < -0.39 is 0 Å². The fraction of sp³-hybridized carbons (Fsp3) is 0.375. The lowest BCUT2D eigenvalue weighted by Gasteiger charge is -2.09. The molecule has 4 aromatic rings. The zero-order chi connectivity index (χ0) is 21.6. The minimum atomic E-state index is 0.381. The molecule has 0 aliphatic rings. The quantitative estimate of drug-likeness (QED) is 0.414. The van der Waals surface area contributed by atoms with Gasteiger partial charge in [-0.2, -0.15) is 5.10 Å². The molecular weight excluding hydrogens is 386 g/mol. The fourth-order valence-corrected chi connectivity index (χ4v) is 3.61. The highest BCUT2D eigenvalue weighted by molar-refractivity contribution is 5.80. The van der Waals surface area contributed by atoms with Gasteiger partial charge in [0.1, 0.15) is 5.82 Å². The molecule has 0 fully saturated rings. The zero-order valence-electron chi connectivity index (χ0n) is 18.4. The maximum absolute atomic E-state index is 4.85. The molecule has 7 nitrogen and oxygen atoms in total. The van der Waals surface area contributed by atoms with Crippen LogP contribution in [-0.4, -0.2) is 35.4 Å². The largest absolute Gasteiger partial charge is 0.245 e. The number of aromatic nitrogens is 7. The maximum Gasteiger partial charge on any atom is 0.180 e. The average molecular weight is 416 g/mol. The first-order chi connectivity index (χ1) is 15.2. The Morgan fingerprint density at radius 3 is 2.45 bits per heavy atom. The molecule has 160 valence electrons. The van der Waals surface area contributed by atoms with E-state index >= 15 is 0 Å². The number of benzene rings is 2. The van der Waals surface area contributed by atoms with Crippen LogP contribution in [-0.2, 0) is 13.0 Å². The van der Waals surface area contributed by atoms with Crippen LogP contribution in [0.3, 0.4) is 0 Å². The van der Waals surface area contributed by atoms with Gasteiger partial charge in [-0.25, -0.2) is 14.8 Å². The van der Waals surface area contributed by atoms with E-state index in [9.17, 15) is 0 Å². The second-order valence-corrected chi connectivity index (χ2v) is 7.95. The Morgan fingerprint density at radius 2 is 1.77 bits per heavy atom. The van der Waals surface area contributed by atoms with E-state index in [4.69, 9.17) is 10.1 Å². The number of unbranched alkanes of at least 4 members (excludes halogenated alkanes) is 1. The Hall–Kier alpha value is -3.35. The summed E-state index contributed by atoms with van der Waals surface area (Å²) in [4.78, 5) is 4.85. The van der Waals surface area contributed by atoms with Gasteiger partial charge < -0.3 is 0 Å². The molecule has 0 saturated carbocycles. The normalized spacial score (nSPS) is 12.2. The Bertz CT molecular complexity index is 1100. The molecule has 0 spiro atoms. The topological polar surface area (TPSA) is 85.2 Å². The lowest BCUT2D eigenvalue weighted by molar-refractivity contribution is 0.602. The highest BCUT2D eigenvalue weighted by Gasteiger charge is 2.15. The molecule has 0 radical (unpaired) electrons. The molecule has 2 heterocycles. The fourth-order valence-electron chi connectivity index (χ4n) is 3.61. The minimum absolute atomic E-state index is 0.381. The first-order valence-electron chi connectivity index (χ1n) is 11.1. The van der Waals surface area contributed by atoms with E-state index in [0.717, 1.165) is 60.6 Å². The van der Waals surface area contributed by atoms with Gasteiger partial charge in [-0.3, -0.25) is 0 Å². The molecule has 7 heteroatoms. The van der Waals surface area contributed by atoms with Crippen molar-refractivity contribution >= 4 is 0 Å². The Morgan fingerprint density at radius 1 is 1.00 bits per heavy atom. The van der Waals surface area contributed by atoms with Crippen molar-refractivity contribution in [1.29, 1.82) is 0 Å². The van der Waals surface area contributed by atoms with E-state index in [0.29, 0.717) is 11.7 Å². The zero-order valence-corrected chi connectivity index (χ0v) is 18.4. The van der Waals surface area contributed by atoms with Gasteiger partial charge in [0.25, 0.3) is 0 Å². The van der Waals surface area contributed by atoms with Gasteiger partial charge in [0.2, 0.25) is 0 Å². The molecule has 2 aromatic carbocycles. The van der Waals surface area contributed by atoms with Crippen molar-refractivity contribution in [3.63, 3.8) is 0 Å². The third-order valence-electron chi connectivity index (χ3n) is 5.70. The third kappa shape index (κ3) is 4.71. The first kappa shape index (κ1) is 20.9. The molecule has 4 rings (SSSR count). The average Bonchev–Trinajstić information content (AvgIpc) is 3.48. The van der Waals surface area contributed by atoms with Crippen LogP contribution in [0.5, 0.6) is 0 Å². The number of rotatable bonds is 9. The summed E-state index contributed by atoms with van der Waals surface area (Å²) in [6.07, 6.45) is 4.30. The summed E-state index contributed by atoms with van der Waals surface area (Å²) in [5, 5.41) is 19.2. The number of nitrogens with one attached hydrogen (secondary N) is 1. The van der Waals surface area contributed by atoms with E-state index in [1.54, 1.807) is 0 Å². The molecule has 0 aliphatic carbocycles. The lowest BCUT2D eigenvalue weighted by atomic mass is 9.98. The molecule has 2 aromatic heterocycles. The predicted octanol–water partition coefficient (Wildman–Crippen LogP) is 5.03.